The van der Waals surface area contributed by atoms with E-state index in [9.17, 15) is 40.7 Å². The van der Waals surface area contributed by atoms with Crippen LogP contribution in [0.25, 0.3) is 0 Å². The van der Waals surface area contributed by atoms with Gasteiger partial charge in [0.05, 0.1) is 0 Å². The zero-order valence-electron chi connectivity index (χ0n) is 14.1. The number of alkyl halides is 6. The van der Waals surface area contributed by atoms with E-state index in [0.29, 0.717) is 27.7 Å². The van der Waals surface area contributed by atoms with Crippen LogP contribution >= 0.6 is 0 Å². The number of hydrogen-bond donors (Lipinski definition) is 1. The van der Waals surface area contributed by atoms with Crippen LogP contribution in [0, 0.1) is 0 Å². The van der Waals surface area contributed by atoms with Crippen molar-refractivity contribution in [2.45, 2.75) is 64.1 Å². The molecule has 0 aromatic carbocycles. The molecule has 1 rings (SSSR count). The topological polar surface area (TPSA) is 93.1 Å². The first kappa shape index (κ1) is 23.9. The smallest absolute Gasteiger partial charge is 0.417 e. The highest BCUT2D eigenvalue weighted by Crippen LogP contribution is 2.33. The van der Waals surface area contributed by atoms with Crippen LogP contribution in [-0.4, -0.2) is 51.7 Å². The fraction of sp³-hybridized carbons (Fsp3) is 0.769. The summed E-state index contributed by atoms with van der Waals surface area (Å²) in [6.07, 6.45) is -11.4. The molecule has 1 aliphatic heterocycles. The van der Waals surface area contributed by atoms with Gasteiger partial charge in [-0.05, 0) is 27.7 Å². The minimum atomic E-state index is -4.80. The van der Waals surface area contributed by atoms with E-state index in [1.807, 2.05) is 0 Å². The van der Waals surface area contributed by atoms with Crippen molar-refractivity contribution in [2.75, 3.05) is 0 Å². The number of amides is 2. The predicted octanol–water partition coefficient (Wildman–Crippen LogP) is 2.86. The first-order valence-electron chi connectivity index (χ1n) is 6.92. The van der Waals surface area contributed by atoms with Crippen molar-refractivity contribution in [1.29, 1.82) is 0 Å². The van der Waals surface area contributed by atoms with Crippen molar-refractivity contribution in [2.24, 2.45) is 0 Å². The predicted molar refractivity (Wildman–Crippen MR) is 71.1 cm³/mol. The summed E-state index contributed by atoms with van der Waals surface area (Å²) in [5.41, 5.74) is -5.34. The number of imide groups is 1. The highest BCUT2D eigenvalue weighted by atomic mass is 19.4. The van der Waals surface area contributed by atoms with E-state index >= 15 is 0 Å². The lowest BCUT2D eigenvalue weighted by atomic mass is 10.1. The summed E-state index contributed by atoms with van der Waals surface area (Å²) in [6.45, 7) is 2.63. The molecule has 0 unspecified atom stereocenters. The summed E-state index contributed by atoms with van der Waals surface area (Å²) in [6, 6.07) is 0. The number of carbonyl (C=O) groups excluding carboxylic acids is 3. The monoisotopic (exact) mass is 397 g/mol. The fourth-order valence-electron chi connectivity index (χ4n) is 1.02. The Morgan fingerprint density at radius 3 is 1.54 bits per heavy atom. The highest BCUT2D eigenvalue weighted by Gasteiger charge is 2.52. The summed E-state index contributed by atoms with van der Waals surface area (Å²) in [5.74, 6) is -1.61. The molecule has 1 aliphatic rings. The van der Waals surface area contributed by atoms with Crippen LogP contribution in [-0.2, 0) is 19.2 Å². The molecule has 2 amide bonds. The summed E-state index contributed by atoms with van der Waals surface area (Å²) >= 11 is 0. The molecule has 0 saturated carbocycles. The Bertz CT molecular complexity index is 521. The molecule has 0 radical (unpaired) electrons. The molecular formula is C13H17F6NO6. The average molecular weight is 397 g/mol. The van der Waals surface area contributed by atoms with Gasteiger partial charge in [0.1, 0.15) is 0 Å². The molecule has 26 heavy (non-hydrogen) atoms. The number of ether oxygens (including phenoxy) is 1. The van der Waals surface area contributed by atoms with Gasteiger partial charge in [-0.3, -0.25) is 14.4 Å². The Morgan fingerprint density at radius 2 is 1.27 bits per heavy atom. The van der Waals surface area contributed by atoms with Crippen molar-refractivity contribution in [3.05, 3.63) is 0 Å². The molecule has 1 saturated heterocycles. The molecule has 0 aromatic rings. The van der Waals surface area contributed by atoms with E-state index in [1.165, 1.54) is 0 Å². The molecular weight excluding hydrogens is 380 g/mol. The van der Waals surface area contributed by atoms with Crippen LogP contribution in [0.4, 0.5) is 31.1 Å². The Balaban J connectivity index is 0.000000660. The van der Waals surface area contributed by atoms with E-state index in [2.05, 4.69) is 9.57 Å². The molecule has 0 spiro atoms. The normalized spacial score (nSPS) is 16.2. The van der Waals surface area contributed by atoms with Crippen LogP contribution in [0.5, 0.6) is 0 Å². The van der Waals surface area contributed by atoms with E-state index < -0.39 is 41.5 Å². The zero-order chi connectivity index (χ0) is 21.1. The molecule has 152 valence electrons. The number of hydrogen-bond acceptors (Lipinski definition) is 6. The first-order chi connectivity index (χ1) is 11.3. The summed E-state index contributed by atoms with van der Waals surface area (Å²) in [4.78, 5) is 37.3. The van der Waals surface area contributed by atoms with E-state index in [4.69, 9.17) is 5.11 Å². The second-order valence-electron chi connectivity index (χ2n) is 6.09. The summed E-state index contributed by atoms with van der Waals surface area (Å²) in [7, 11) is 0. The standard InChI is InChI=1S/C9H10F3NO5.C4H7F3O/c1-8(2,9(10,11)12)17-7(16)18-13-5(14)3-4-6(13)15;1-3(2,8)4(5,6)7/h3-4H2,1-2H3;8H,1-2H3. The maximum Gasteiger partial charge on any atom is 0.534 e. The molecule has 1 fully saturated rings. The number of rotatable bonds is 2. The van der Waals surface area contributed by atoms with Crippen LogP contribution in [0.1, 0.15) is 40.5 Å². The van der Waals surface area contributed by atoms with Gasteiger partial charge < -0.3 is 9.84 Å². The van der Waals surface area contributed by atoms with Crippen molar-refractivity contribution >= 4 is 18.0 Å². The van der Waals surface area contributed by atoms with Crippen LogP contribution in [0.15, 0.2) is 0 Å². The van der Waals surface area contributed by atoms with Gasteiger partial charge in [-0.2, -0.15) is 26.3 Å². The van der Waals surface area contributed by atoms with E-state index in [0.717, 1.165) is 0 Å². The van der Waals surface area contributed by atoms with E-state index in [1.54, 1.807) is 0 Å². The third-order valence-corrected chi connectivity index (χ3v) is 2.89. The second kappa shape index (κ2) is 7.68. The van der Waals surface area contributed by atoms with Crippen molar-refractivity contribution in [3.63, 3.8) is 0 Å². The van der Waals surface area contributed by atoms with Gasteiger partial charge in [-0.1, -0.05) is 5.06 Å². The first-order valence-corrected chi connectivity index (χ1v) is 6.92. The molecule has 13 heteroatoms. The number of aliphatic hydroxyl groups is 1. The minimum Gasteiger partial charge on any atom is -0.417 e. The van der Waals surface area contributed by atoms with Crippen molar-refractivity contribution in [1.82, 2.24) is 5.06 Å². The third-order valence-electron chi connectivity index (χ3n) is 2.89. The van der Waals surface area contributed by atoms with Gasteiger partial charge in [0.15, 0.2) is 5.60 Å². The minimum absolute atomic E-state index is 0.106. The quantitative estimate of drug-likeness (QED) is 0.438. The van der Waals surface area contributed by atoms with Gasteiger partial charge >= 0.3 is 18.5 Å². The van der Waals surface area contributed by atoms with Gasteiger partial charge in [-0.25, -0.2) is 4.79 Å². The lowest BCUT2D eigenvalue weighted by Crippen LogP contribution is -2.45. The molecule has 0 aromatic heterocycles. The van der Waals surface area contributed by atoms with Crippen molar-refractivity contribution < 1.29 is 55.4 Å². The lowest BCUT2D eigenvalue weighted by molar-refractivity contribution is -0.256. The molecule has 7 nitrogen and oxygen atoms in total. The largest absolute Gasteiger partial charge is 0.534 e. The molecule has 0 aliphatic carbocycles. The van der Waals surface area contributed by atoms with Gasteiger partial charge in [0.25, 0.3) is 11.8 Å². The van der Waals surface area contributed by atoms with Crippen molar-refractivity contribution in [3.8, 4) is 0 Å². The molecule has 1 heterocycles. The highest BCUT2D eigenvalue weighted by molar-refractivity contribution is 6.01. The molecule has 0 bridgehead atoms. The fourth-order valence-corrected chi connectivity index (χ4v) is 1.02. The van der Waals surface area contributed by atoms with Gasteiger partial charge in [0, 0.05) is 12.8 Å². The average Bonchev–Trinajstić information content (AvgIpc) is 2.67. The Kier molecular flexibility index (Phi) is 7.07. The van der Waals surface area contributed by atoms with Gasteiger partial charge in [0.2, 0.25) is 5.60 Å². The summed E-state index contributed by atoms with van der Waals surface area (Å²) < 4.78 is 75.1. The number of hydroxylamine groups is 2. The Hall–Kier alpha value is -2.05. The Morgan fingerprint density at radius 1 is 0.923 bits per heavy atom. The SMILES string of the molecule is CC(C)(O)C(F)(F)F.CC(C)(OC(=O)ON1C(=O)CCC1=O)C(F)(F)F. The van der Waals surface area contributed by atoms with E-state index in [-0.39, 0.29) is 17.9 Å². The van der Waals surface area contributed by atoms with Crippen LogP contribution in [0.2, 0.25) is 0 Å². The van der Waals surface area contributed by atoms with Gasteiger partial charge in [-0.15, -0.1) is 0 Å². The molecule has 0 atom stereocenters. The van der Waals surface area contributed by atoms with Crippen LogP contribution < -0.4 is 0 Å². The molecule has 1 N–H and O–H groups in total. The number of nitrogens with zero attached hydrogens (tertiary/aromatic N) is 1. The lowest BCUT2D eigenvalue weighted by Gasteiger charge is -2.27. The zero-order valence-corrected chi connectivity index (χ0v) is 14.1. The number of halogens is 6. The summed E-state index contributed by atoms with van der Waals surface area (Å²) in [5, 5.41) is 8.34. The second-order valence-corrected chi connectivity index (χ2v) is 6.09. The maximum atomic E-state index is 12.4. The number of carbonyl (C=O) groups is 3. The Labute approximate surface area is 143 Å². The van der Waals surface area contributed by atoms with Crippen LogP contribution in [0.3, 0.4) is 0 Å². The maximum absolute atomic E-state index is 12.4. The third kappa shape index (κ3) is 6.69.